The molecule has 0 saturated carbocycles. The molecule has 0 radical (unpaired) electrons. The summed E-state index contributed by atoms with van der Waals surface area (Å²) in [6.45, 7) is 8.27. The first-order valence-corrected chi connectivity index (χ1v) is 7.03. The van der Waals surface area contributed by atoms with Crippen LogP contribution in [-0.2, 0) is 13.2 Å². The molecule has 21 heavy (non-hydrogen) atoms. The molecule has 3 N–H and O–H groups in total. The summed E-state index contributed by atoms with van der Waals surface area (Å²) >= 11 is 0. The lowest BCUT2D eigenvalue weighted by Crippen LogP contribution is -2.07. The minimum Gasteiger partial charge on any atom is -0.506 e. The van der Waals surface area contributed by atoms with Gasteiger partial charge >= 0.3 is 0 Å². The van der Waals surface area contributed by atoms with E-state index < -0.39 is 0 Å². The first-order valence-electron chi connectivity index (χ1n) is 7.03. The molecule has 0 amide bonds. The van der Waals surface area contributed by atoms with Gasteiger partial charge < -0.3 is 15.5 Å². The Hall–Kier alpha value is -2.07. The molecular weight excluding hydrogens is 264 g/mol. The number of aliphatic hydroxyl groups is 1. The molecule has 2 rings (SSSR count). The van der Waals surface area contributed by atoms with Gasteiger partial charge in [0.15, 0.2) is 0 Å². The molecule has 0 atom stereocenters. The predicted octanol–water partition coefficient (Wildman–Crippen LogP) is 3.13. The monoisotopic (exact) mass is 286 g/mol. The highest BCUT2D eigenvalue weighted by atomic mass is 16.3. The van der Waals surface area contributed by atoms with E-state index in [0.717, 1.165) is 5.69 Å². The van der Waals surface area contributed by atoms with Crippen LogP contribution in [0.4, 0.5) is 5.69 Å². The van der Waals surface area contributed by atoms with E-state index in [2.05, 4.69) is 43.2 Å². The van der Waals surface area contributed by atoms with E-state index in [-0.39, 0.29) is 12.4 Å². The second-order valence-electron chi connectivity index (χ2n) is 5.48. The van der Waals surface area contributed by atoms with Gasteiger partial charge in [-0.2, -0.15) is 0 Å². The Labute approximate surface area is 125 Å². The second kappa shape index (κ2) is 6.14. The zero-order chi connectivity index (χ0) is 15.6. The molecule has 0 aliphatic carbocycles. The van der Waals surface area contributed by atoms with Crippen LogP contribution in [0.15, 0.2) is 18.3 Å². The van der Waals surface area contributed by atoms with Crippen LogP contribution in [0, 0.1) is 27.7 Å². The van der Waals surface area contributed by atoms with E-state index in [0.29, 0.717) is 23.4 Å². The van der Waals surface area contributed by atoms with Crippen LogP contribution in [-0.4, -0.2) is 15.2 Å². The Balaban J connectivity index is 2.31. The van der Waals surface area contributed by atoms with Crippen molar-refractivity contribution in [3.8, 4) is 5.75 Å². The van der Waals surface area contributed by atoms with Crippen molar-refractivity contribution in [2.75, 3.05) is 5.32 Å². The number of nitrogens with one attached hydrogen (secondary N) is 1. The maximum atomic E-state index is 10.2. The van der Waals surface area contributed by atoms with Crippen molar-refractivity contribution in [2.45, 2.75) is 40.8 Å². The molecule has 1 heterocycles. The average molecular weight is 286 g/mol. The molecule has 1 aromatic heterocycles. The van der Waals surface area contributed by atoms with Crippen molar-refractivity contribution in [1.29, 1.82) is 0 Å². The summed E-state index contributed by atoms with van der Waals surface area (Å²) in [4.78, 5) is 4.07. The first-order chi connectivity index (χ1) is 9.93. The quantitative estimate of drug-likeness (QED) is 0.808. The summed E-state index contributed by atoms with van der Waals surface area (Å²) in [5, 5.41) is 22.9. The van der Waals surface area contributed by atoms with Crippen molar-refractivity contribution >= 4 is 5.69 Å². The number of anilines is 1. The summed E-state index contributed by atoms with van der Waals surface area (Å²) in [5.41, 5.74) is 6.55. The zero-order valence-corrected chi connectivity index (χ0v) is 13.0. The molecular formula is C17H22N2O2. The molecule has 1 aromatic carbocycles. The lowest BCUT2D eigenvalue weighted by atomic mass is 10.0. The standard InChI is InChI=1S/C17H22N2O2/c1-10-5-11(2)16(12(3)6-10)19-8-15-14(9-20)7-18-13(4)17(15)21/h5-7,19-21H,8-9H2,1-4H3. The van der Waals surface area contributed by atoms with E-state index >= 15 is 0 Å². The van der Waals surface area contributed by atoms with Crippen molar-refractivity contribution in [3.63, 3.8) is 0 Å². The van der Waals surface area contributed by atoms with Crippen molar-refractivity contribution < 1.29 is 10.2 Å². The van der Waals surface area contributed by atoms with E-state index in [4.69, 9.17) is 0 Å². The van der Waals surface area contributed by atoms with Gasteiger partial charge in [-0.3, -0.25) is 4.98 Å². The number of aliphatic hydroxyl groups excluding tert-OH is 1. The maximum Gasteiger partial charge on any atom is 0.142 e. The van der Waals surface area contributed by atoms with Crippen LogP contribution in [0.2, 0.25) is 0 Å². The molecule has 4 heteroatoms. The van der Waals surface area contributed by atoms with Gasteiger partial charge in [0.25, 0.3) is 0 Å². The summed E-state index contributed by atoms with van der Waals surface area (Å²) in [6.07, 6.45) is 1.61. The van der Waals surface area contributed by atoms with Gasteiger partial charge in [0.2, 0.25) is 0 Å². The number of aromatic nitrogens is 1. The highest BCUT2D eigenvalue weighted by Crippen LogP contribution is 2.27. The predicted molar refractivity (Wildman–Crippen MR) is 84.5 cm³/mol. The Kier molecular flexibility index (Phi) is 4.48. The lowest BCUT2D eigenvalue weighted by Gasteiger charge is -2.16. The number of nitrogens with zero attached hydrogens (tertiary/aromatic N) is 1. The second-order valence-corrected chi connectivity index (χ2v) is 5.48. The Morgan fingerprint density at radius 3 is 2.29 bits per heavy atom. The van der Waals surface area contributed by atoms with E-state index in [9.17, 15) is 10.2 Å². The summed E-state index contributed by atoms with van der Waals surface area (Å²) in [6, 6.07) is 4.25. The normalized spacial score (nSPS) is 10.7. The van der Waals surface area contributed by atoms with Gasteiger partial charge in [-0.1, -0.05) is 17.7 Å². The van der Waals surface area contributed by atoms with Gasteiger partial charge in [-0.05, 0) is 38.8 Å². The molecule has 0 aliphatic heterocycles. The van der Waals surface area contributed by atoms with Gasteiger partial charge in [-0.15, -0.1) is 0 Å². The molecule has 0 fully saturated rings. The molecule has 112 valence electrons. The minimum atomic E-state index is -0.135. The summed E-state index contributed by atoms with van der Waals surface area (Å²) < 4.78 is 0. The van der Waals surface area contributed by atoms with Gasteiger partial charge in [0.05, 0.1) is 12.3 Å². The average Bonchev–Trinajstić information content (AvgIpc) is 2.42. The molecule has 0 aliphatic rings. The first kappa shape index (κ1) is 15.3. The molecule has 0 saturated heterocycles. The van der Waals surface area contributed by atoms with Crippen LogP contribution in [0.1, 0.15) is 33.5 Å². The van der Waals surface area contributed by atoms with Crippen LogP contribution < -0.4 is 5.32 Å². The van der Waals surface area contributed by atoms with Crippen molar-refractivity contribution in [3.05, 3.63) is 51.8 Å². The smallest absolute Gasteiger partial charge is 0.142 e. The number of rotatable bonds is 4. The van der Waals surface area contributed by atoms with Crippen LogP contribution in [0.5, 0.6) is 5.75 Å². The Bertz CT molecular complexity index is 643. The topological polar surface area (TPSA) is 65.4 Å². The number of benzene rings is 1. The maximum absolute atomic E-state index is 10.2. The fourth-order valence-corrected chi connectivity index (χ4v) is 2.65. The van der Waals surface area contributed by atoms with Crippen LogP contribution >= 0.6 is 0 Å². The lowest BCUT2D eigenvalue weighted by molar-refractivity contribution is 0.279. The van der Waals surface area contributed by atoms with E-state index in [1.165, 1.54) is 16.7 Å². The fourth-order valence-electron chi connectivity index (χ4n) is 2.65. The number of hydrogen-bond acceptors (Lipinski definition) is 4. The SMILES string of the molecule is Cc1cc(C)c(NCc2c(CO)cnc(C)c2O)c(C)c1. The van der Waals surface area contributed by atoms with E-state index in [1.54, 1.807) is 13.1 Å². The third kappa shape index (κ3) is 3.16. The number of aryl methyl sites for hydroxylation is 4. The van der Waals surface area contributed by atoms with Gasteiger partial charge in [0.1, 0.15) is 5.75 Å². The largest absolute Gasteiger partial charge is 0.506 e. The summed E-state index contributed by atoms with van der Waals surface area (Å²) in [7, 11) is 0. The van der Waals surface area contributed by atoms with Gasteiger partial charge in [-0.25, -0.2) is 0 Å². The fraction of sp³-hybridized carbons (Fsp3) is 0.353. The summed E-state index contributed by atoms with van der Waals surface area (Å²) in [5.74, 6) is 0.150. The zero-order valence-electron chi connectivity index (χ0n) is 13.0. The number of pyridine rings is 1. The molecule has 4 nitrogen and oxygen atoms in total. The highest BCUT2D eigenvalue weighted by molar-refractivity contribution is 5.59. The number of aromatic hydroxyl groups is 1. The molecule has 0 bridgehead atoms. The molecule has 2 aromatic rings. The Morgan fingerprint density at radius 2 is 1.71 bits per heavy atom. The van der Waals surface area contributed by atoms with Crippen molar-refractivity contribution in [1.82, 2.24) is 4.98 Å². The third-order valence-corrected chi connectivity index (χ3v) is 3.72. The molecule has 0 unspecified atom stereocenters. The highest BCUT2D eigenvalue weighted by Gasteiger charge is 2.12. The van der Waals surface area contributed by atoms with Gasteiger partial charge in [0, 0.05) is 29.6 Å². The van der Waals surface area contributed by atoms with Crippen LogP contribution in [0.3, 0.4) is 0 Å². The van der Waals surface area contributed by atoms with Crippen LogP contribution in [0.25, 0.3) is 0 Å². The minimum absolute atomic E-state index is 0.135. The van der Waals surface area contributed by atoms with Crippen molar-refractivity contribution in [2.24, 2.45) is 0 Å². The molecule has 0 spiro atoms. The number of hydrogen-bond donors (Lipinski definition) is 3. The third-order valence-electron chi connectivity index (χ3n) is 3.72. The van der Waals surface area contributed by atoms with E-state index in [1.807, 2.05) is 0 Å². The Morgan fingerprint density at radius 1 is 1.10 bits per heavy atom.